The molecule has 0 radical (unpaired) electrons. The van der Waals surface area contributed by atoms with Crippen LogP contribution in [0.3, 0.4) is 0 Å². The van der Waals surface area contributed by atoms with Gasteiger partial charge in [-0.2, -0.15) is 8.42 Å². The van der Waals surface area contributed by atoms with E-state index in [-0.39, 0.29) is 28.4 Å². The van der Waals surface area contributed by atoms with E-state index in [1.54, 1.807) is 24.3 Å². The van der Waals surface area contributed by atoms with Crippen LogP contribution in [0.5, 0.6) is 5.75 Å². The van der Waals surface area contributed by atoms with Gasteiger partial charge < -0.3 is 11.3 Å². The van der Waals surface area contributed by atoms with Gasteiger partial charge in [-0.05, 0) is 36.6 Å². The summed E-state index contributed by atoms with van der Waals surface area (Å²) in [7, 11) is -4.42. The number of benzene rings is 2. The third kappa shape index (κ3) is 3.48. The molecule has 134 valence electrons. The Morgan fingerprint density at radius 3 is 2.20 bits per heavy atom. The number of aromatic hydroxyl groups is 1. The fourth-order valence-corrected chi connectivity index (χ4v) is 3.02. The summed E-state index contributed by atoms with van der Waals surface area (Å²) in [5.74, 6) is -0.201. The molecule has 3 rings (SSSR count). The Balaban J connectivity index is 0.00000225. The Labute approximate surface area is 145 Å². The molecule has 25 heavy (non-hydrogen) atoms. The molecule has 3 aromatic rings. The minimum Gasteiger partial charge on any atom is -0.505 e. The molecule has 0 aliphatic carbocycles. The van der Waals surface area contributed by atoms with Gasteiger partial charge in [-0.3, -0.25) is 4.55 Å². The van der Waals surface area contributed by atoms with Crippen molar-refractivity contribution in [2.45, 2.75) is 31.1 Å². The first-order valence-electron chi connectivity index (χ1n) is 7.48. The van der Waals surface area contributed by atoms with Crippen LogP contribution in [0.25, 0.3) is 16.7 Å². The predicted molar refractivity (Wildman–Crippen MR) is 94.1 cm³/mol. The summed E-state index contributed by atoms with van der Waals surface area (Å²) in [6, 6.07) is 9.58. The number of hydrogen-bond donors (Lipinski definition) is 3. The first-order valence-corrected chi connectivity index (χ1v) is 8.92. The van der Waals surface area contributed by atoms with E-state index in [1.165, 1.54) is 10.9 Å². The minimum atomic E-state index is -4.42. The van der Waals surface area contributed by atoms with Crippen LogP contribution in [0.2, 0.25) is 0 Å². The number of nitrogens with zero attached hydrogens (tertiary/aromatic N) is 3. The zero-order valence-corrected chi connectivity index (χ0v) is 14.7. The topological polar surface area (TPSA) is 140 Å². The maximum atomic E-state index is 11.6. The molecule has 2 aromatic carbocycles. The van der Waals surface area contributed by atoms with Gasteiger partial charge in [0.15, 0.2) is 0 Å². The fraction of sp³-hybridized carbons (Fsp3) is 0.250. The van der Waals surface area contributed by atoms with E-state index in [9.17, 15) is 18.1 Å². The van der Waals surface area contributed by atoms with Crippen LogP contribution in [-0.2, 0) is 10.1 Å². The average molecular weight is 364 g/mol. The molecule has 9 heteroatoms. The number of fused-ring (bicyclic) bond motifs is 1. The van der Waals surface area contributed by atoms with Crippen LogP contribution < -0.4 is 6.15 Å². The van der Waals surface area contributed by atoms with Gasteiger partial charge in [0.2, 0.25) is 0 Å². The molecule has 0 bridgehead atoms. The second-order valence-electron chi connectivity index (χ2n) is 5.64. The van der Waals surface area contributed by atoms with Gasteiger partial charge in [0.1, 0.15) is 22.5 Å². The third-order valence-electron chi connectivity index (χ3n) is 4.04. The Bertz CT molecular complexity index is 981. The standard InChI is InChI=1S/C16H17N3O4S.H3N/c1-3-10(2)12-8-11(24(21,22)23)9-15(16(12)20)19-17-13-6-4-5-7-14(13)18-19;/h4-10,20H,3H2,1-2H3,(H,21,22,23);1H3. The summed E-state index contributed by atoms with van der Waals surface area (Å²) in [5.41, 5.74) is 1.75. The highest BCUT2D eigenvalue weighted by Crippen LogP contribution is 2.35. The first kappa shape index (κ1) is 18.8. The highest BCUT2D eigenvalue weighted by molar-refractivity contribution is 7.85. The molecule has 0 fully saturated rings. The number of rotatable bonds is 4. The smallest absolute Gasteiger partial charge is 0.294 e. The number of phenolic OH excluding ortho intramolecular Hbond substituents is 1. The van der Waals surface area contributed by atoms with E-state index in [2.05, 4.69) is 10.2 Å². The quantitative estimate of drug-likeness (QED) is 0.604. The van der Waals surface area contributed by atoms with Crippen molar-refractivity contribution in [3.8, 4) is 11.4 Å². The van der Waals surface area contributed by atoms with Gasteiger partial charge in [-0.1, -0.05) is 26.0 Å². The minimum absolute atomic E-state index is 0. The zero-order chi connectivity index (χ0) is 17.5. The van der Waals surface area contributed by atoms with Crippen molar-refractivity contribution in [3.05, 3.63) is 42.0 Å². The van der Waals surface area contributed by atoms with Crippen molar-refractivity contribution >= 4 is 21.2 Å². The van der Waals surface area contributed by atoms with Gasteiger partial charge in [0, 0.05) is 5.56 Å². The molecule has 0 amide bonds. The van der Waals surface area contributed by atoms with Gasteiger partial charge in [0.05, 0.1) is 4.90 Å². The van der Waals surface area contributed by atoms with Crippen molar-refractivity contribution < 1.29 is 18.1 Å². The van der Waals surface area contributed by atoms with Gasteiger partial charge >= 0.3 is 0 Å². The predicted octanol–water partition coefficient (Wildman–Crippen LogP) is 3.05. The molecular formula is C16H20N4O4S. The second kappa shape index (κ2) is 6.79. The maximum absolute atomic E-state index is 11.6. The first-order chi connectivity index (χ1) is 11.3. The Kier molecular flexibility index (Phi) is 5.12. The fourth-order valence-electron chi connectivity index (χ4n) is 2.48. The van der Waals surface area contributed by atoms with Crippen molar-refractivity contribution in [2.75, 3.05) is 0 Å². The van der Waals surface area contributed by atoms with E-state index in [4.69, 9.17) is 0 Å². The zero-order valence-electron chi connectivity index (χ0n) is 13.9. The molecule has 0 saturated carbocycles. The van der Waals surface area contributed by atoms with Crippen molar-refractivity contribution in [3.63, 3.8) is 0 Å². The van der Waals surface area contributed by atoms with Crippen LogP contribution in [-0.4, -0.2) is 33.1 Å². The normalized spacial score (nSPS) is 12.8. The number of hydrogen-bond acceptors (Lipinski definition) is 6. The Morgan fingerprint density at radius 2 is 1.72 bits per heavy atom. The van der Waals surface area contributed by atoms with E-state index in [0.29, 0.717) is 23.0 Å². The van der Waals surface area contributed by atoms with Crippen LogP contribution in [0, 0.1) is 0 Å². The van der Waals surface area contributed by atoms with Crippen molar-refractivity contribution in [2.24, 2.45) is 0 Å². The summed E-state index contributed by atoms with van der Waals surface area (Å²) in [6.07, 6.45) is 0.691. The van der Waals surface area contributed by atoms with E-state index in [0.717, 1.165) is 6.07 Å². The SMILES string of the molecule is CCC(C)c1cc(S(=O)(=O)O)cc(-n2nc3ccccc3n2)c1O.N. The number of phenols is 1. The van der Waals surface area contributed by atoms with Crippen LogP contribution >= 0.6 is 0 Å². The molecule has 1 atom stereocenters. The largest absolute Gasteiger partial charge is 0.505 e. The van der Waals surface area contributed by atoms with Crippen LogP contribution in [0.4, 0.5) is 0 Å². The average Bonchev–Trinajstić information content (AvgIpc) is 2.97. The summed E-state index contributed by atoms with van der Waals surface area (Å²) < 4.78 is 32.6. The maximum Gasteiger partial charge on any atom is 0.294 e. The van der Waals surface area contributed by atoms with Gasteiger partial charge in [-0.25, -0.2) is 0 Å². The second-order valence-corrected chi connectivity index (χ2v) is 7.06. The van der Waals surface area contributed by atoms with E-state index < -0.39 is 10.1 Å². The molecule has 0 spiro atoms. The molecule has 0 aliphatic heterocycles. The van der Waals surface area contributed by atoms with Crippen LogP contribution in [0.15, 0.2) is 41.3 Å². The lowest BCUT2D eigenvalue weighted by Gasteiger charge is -2.15. The van der Waals surface area contributed by atoms with E-state index >= 15 is 0 Å². The summed E-state index contributed by atoms with van der Waals surface area (Å²) >= 11 is 0. The Morgan fingerprint density at radius 1 is 1.16 bits per heavy atom. The van der Waals surface area contributed by atoms with Gasteiger partial charge in [-0.15, -0.1) is 15.0 Å². The van der Waals surface area contributed by atoms with E-state index in [1.807, 2.05) is 13.8 Å². The Hall–Kier alpha value is -2.49. The summed E-state index contributed by atoms with van der Waals surface area (Å²) in [6.45, 7) is 3.78. The van der Waals surface area contributed by atoms with Crippen molar-refractivity contribution in [1.29, 1.82) is 0 Å². The number of aromatic nitrogens is 3. The van der Waals surface area contributed by atoms with Gasteiger partial charge in [0.25, 0.3) is 10.1 Å². The summed E-state index contributed by atoms with van der Waals surface area (Å²) in [4.78, 5) is 0.882. The molecule has 1 heterocycles. The molecule has 1 aromatic heterocycles. The lowest BCUT2D eigenvalue weighted by molar-refractivity contribution is 0.452. The molecule has 8 nitrogen and oxygen atoms in total. The summed E-state index contributed by atoms with van der Waals surface area (Å²) in [5, 5.41) is 19.1. The van der Waals surface area contributed by atoms with Crippen LogP contribution in [0.1, 0.15) is 31.7 Å². The monoisotopic (exact) mass is 364 g/mol. The molecule has 0 saturated heterocycles. The molecule has 1 unspecified atom stereocenters. The lowest BCUT2D eigenvalue weighted by atomic mass is 9.97. The highest BCUT2D eigenvalue weighted by atomic mass is 32.2. The lowest BCUT2D eigenvalue weighted by Crippen LogP contribution is -2.07. The highest BCUT2D eigenvalue weighted by Gasteiger charge is 2.22. The molecule has 0 aliphatic rings. The molecular weight excluding hydrogens is 344 g/mol. The van der Waals surface area contributed by atoms with Crippen molar-refractivity contribution in [1.82, 2.24) is 21.1 Å². The third-order valence-corrected chi connectivity index (χ3v) is 4.87. The molecule has 5 N–H and O–H groups in total.